The van der Waals surface area contributed by atoms with Gasteiger partial charge in [0.2, 0.25) is 11.8 Å². The molecule has 0 saturated carbocycles. The molecule has 0 aromatic carbocycles. The summed E-state index contributed by atoms with van der Waals surface area (Å²) in [7, 11) is 0. The van der Waals surface area contributed by atoms with Crippen molar-refractivity contribution in [3.63, 3.8) is 0 Å². The van der Waals surface area contributed by atoms with E-state index in [4.69, 9.17) is 18.4 Å². The van der Waals surface area contributed by atoms with Crippen LogP contribution in [-0.2, 0) is 28.0 Å². The number of amides is 2. The summed E-state index contributed by atoms with van der Waals surface area (Å²) in [5.41, 5.74) is 0. The quantitative estimate of drug-likeness (QED) is 0.298. The van der Waals surface area contributed by atoms with Crippen molar-refractivity contribution >= 4 is 23.9 Å². The van der Waals surface area contributed by atoms with E-state index in [2.05, 4.69) is 10.6 Å². The van der Waals surface area contributed by atoms with Gasteiger partial charge in [-0.15, -0.1) is 0 Å². The summed E-state index contributed by atoms with van der Waals surface area (Å²) in [6, 6.07) is 0. The van der Waals surface area contributed by atoms with Crippen LogP contribution in [0.15, 0.2) is 0 Å². The van der Waals surface area contributed by atoms with Crippen molar-refractivity contribution in [1.29, 1.82) is 0 Å². The Bertz CT molecular complexity index is 331. The highest BCUT2D eigenvalue weighted by molar-refractivity contribution is 7.93. The van der Waals surface area contributed by atoms with Gasteiger partial charge >= 0.3 is 0 Å². The average molecular weight is 366 g/mol. The predicted molar refractivity (Wildman–Crippen MR) is 92.8 cm³/mol. The molecule has 9 heteroatoms. The van der Waals surface area contributed by atoms with E-state index < -0.39 is 0 Å². The van der Waals surface area contributed by atoms with Gasteiger partial charge in [-0.3, -0.25) is 9.59 Å². The van der Waals surface area contributed by atoms with Crippen LogP contribution in [0.25, 0.3) is 0 Å². The summed E-state index contributed by atoms with van der Waals surface area (Å²) in [6.45, 7) is 7.48. The number of rotatable bonds is 16. The van der Waals surface area contributed by atoms with Gasteiger partial charge in [-0.2, -0.15) is 0 Å². The van der Waals surface area contributed by atoms with Crippen molar-refractivity contribution in [2.75, 3.05) is 65.6 Å². The molecule has 0 fully saturated rings. The standard InChI is InChI=1S/C15H30N2O6S/c1-13(2)15(19)17-5-7-21-9-11-22-10-8-20-6-4-16-14(18)12-23-24-3/h13H,4-12H2,1-3H3,(H,16,18)(H,17,19). The van der Waals surface area contributed by atoms with Crippen LogP contribution in [0.4, 0.5) is 0 Å². The largest absolute Gasteiger partial charge is 0.377 e. The highest BCUT2D eigenvalue weighted by Gasteiger charge is 2.04. The average Bonchev–Trinajstić information content (AvgIpc) is 2.56. The van der Waals surface area contributed by atoms with Gasteiger partial charge < -0.3 is 29.0 Å². The van der Waals surface area contributed by atoms with Crippen molar-refractivity contribution in [1.82, 2.24) is 10.6 Å². The summed E-state index contributed by atoms with van der Waals surface area (Å²) in [4.78, 5) is 22.5. The highest BCUT2D eigenvalue weighted by Crippen LogP contribution is 1.92. The minimum Gasteiger partial charge on any atom is -0.377 e. The van der Waals surface area contributed by atoms with Crippen LogP contribution in [0.2, 0.25) is 0 Å². The van der Waals surface area contributed by atoms with Crippen molar-refractivity contribution in [2.24, 2.45) is 5.92 Å². The zero-order chi connectivity index (χ0) is 18.0. The topological polar surface area (TPSA) is 95.1 Å². The summed E-state index contributed by atoms with van der Waals surface area (Å²) >= 11 is 1.16. The van der Waals surface area contributed by atoms with Crippen molar-refractivity contribution in [3.8, 4) is 0 Å². The van der Waals surface area contributed by atoms with E-state index in [1.165, 1.54) is 0 Å². The Morgan fingerprint density at radius 1 is 0.875 bits per heavy atom. The lowest BCUT2D eigenvalue weighted by Crippen LogP contribution is -2.31. The Kier molecular flexibility index (Phi) is 16.4. The zero-order valence-corrected chi connectivity index (χ0v) is 15.6. The summed E-state index contributed by atoms with van der Waals surface area (Å²) in [6.07, 6.45) is 1.76. The maximum Gasteiger partial charge on any atom is 0.247 e. The molecule has 8 nitrogen and oxygen atoms in total. The van der Waals surface area contributed by atoms with Gasteiger partial charge in [0, 0.05) is 25.3 Å². The fraction of sp³-hybridized carbons (Fsp3) is 0.867. The van der Waals surface area contributed by atoms with Crippen molar-refractivity contribution < 1.29 is 28.0 Å². The maximum atomic E-state index is 11.3. The Morgan fingerprint density at radius 3 is 1.88 bits per heavy atom. The first-order valence-corrected chi connectivity index (χ1v) is 9.16. The number of ether oxygens (including phenoxy) is 3. The predicted octanol–water partition coefficient (Wildman–Crippen LogP) is 0.219. The summed E-state index contributed by atoms with van der Waals surface area (Å²) < 4.78 is 20.9. The molecule has 0 aromatic heterocycles. The second-order valence-corrected chi connectivity index (χ2v) is 5.63. The molecule has 0 unspecified atom stereocenters. The van der Waals surface area contributed by atoms with Crippen LogP contribution < -0.4 is 10.6 Å². The van der Waals surface area contributed by atoms with Crippen LogP contribution in [0.5, 0.6) is 0 Å². The molecule has 2 amide bonds. The lowest BCUT2D eigenvalue weighted by Gasteiger charge is -2.09. The van der Waals surface area contributed by atoms with Crippen LogP contribution in [0, 0.1) is 5.92 Å². The number of carbonyl (C=O) groups is 2. The van der Waals surface area contributed by atoms with Crippen LogP contribution in [0.1, 0.15) is 13.8 Å². The molecule has 0 aliphatic carbocycles. The Labute approximate surface area is 148 Å². The molecule has 0 heterocycles. The van der Waals surface area contributed by atoms with Gasteiger partial charge in [0.1, 0.15) is 6.61 Å². The first-order valence-electron chi connectivity index (χ1n) is 8.01. The molecular weight excluding hydrogens is 336 g/mol. The normalized spacial score (nSPS) is 10.8. The molecule has 0 bridgehead atoms. The van der Waals surface area contributed by atoms with Crippen molar-refractivity contribution in [3.05, 3.63) is 0 Å². The van der Waals surface area contributed by atoms with Gasteiger partial charge in [0.25, 0.3) is 0 Å². The fourth-order valence-electron chi connectivity index (χ4n) is 1.42. The SMILES string of the molecule is CSOCC(=O)NCCOCCOCCOCCNC(=O)C(C)C. The van der Waals surface area contributed by atoms with Gasteiger partial charge in [-0.25, -0.2) is 0 Å². The van der Waals surface area contributed by atoms with Gasteiger partial charge in [0.15, 0.2) is 0 Å². The third-order valence-electron chi connectivity index (χ3n) is 2.69. The molecule has 0 spiro atoms. The fourth-order valence-corrected chi connectivity index (χ4v) is 1.64. The minimum absolute atomic E-state index is 0.00895. The Hall–Kier alpha value is -0.870. The van der Waals surface area contributed by atoms with Gasteiger partial charge in [-0.1, -0.05) is 13.8 Å². The number of hydrogen-bond acceptors (Lipinski definition) is 7. The molecule has 142 valence electrons. The zero-order valence-electron chi connectivity index (χ0n) is 14.8. The second kappa shape index (κ2) is 17.0. The number of nitrogens with one attached hydrogen (secondary N) is 2. The molecule has 0 aliphatic rings. The van der Waals surface area contributed by atoms with Gasteiger partial charge in [-0.05, 0) is 12.0 Å². The number of carbonyl (C=O) groups excluding carboxylic acids is 2. The van der Waals surface area contributed by atoms with E-state index in [9.17, 15) is 9.59 Å². The van der Waals surface area contributed by atoms with E-state index in [0.717, 1.165) is 12.0 Å². The smallest absolute Gasteiger partial charge is 0.247 e. The second-order valence-electron chi connectivity index (χ2n) is 5.06. The highest BCUT2D eigenvalue weighted by atomic mass is 32.2. The Balaban J connectivity index is 3.15. The molecule has 0 aromatic rings. The third kappa shape index (κ3) is 16.0. The van der Waals surface area contributed by atoms with E-state index in [1.807, 2.05) is 13.8 Å². The first kappa shape index (κ1) is 23.1. The Morgan fingerprint density at radius 2 is 1.38 bits per heavy atom. The van der Waals surface area contributed by atoms with E-state index in [-0.39, 0.29) is 24.3 Å². The minimum atomic E-state index is -0.161. The molecule has 2 N–H and O–H groups in total. The van der Waals surface area contributed by atoms with Crippen LogP contribution in [-0.4, -0.2) is 77.4 Å². The molecule has 0 radical (unpaired) electrons. The van der Waals surface area contributed by atoms with Crippen LogP contribution >= 0.6 is 12.0 Å². The van der Waals surface area contributed by atoms with Crippen LogP contribution in [0.3, 0.4) is 0 Å². The first-order chi connectivity index (χ1) is 11.6. The van der Waals surface area contributed by atoms with Gasteiger partial charge in [0.05, 0.1) is 39.6 Å². The molecule has 0 saturated heterocycles. The molecule has 0 aliphatic heterocycles. The summed E-state index contributed by atoms with van der Waals surface area (Å²) in [5.74, 6) is -0.142. The van der Waals surface area contributed by atoms with Crippen molar-refractivity contribution in [2.45, 2.75) is 13.8 Å². The monoisotopic (exact) mass is 366 g/mol. The molecule has 0 atom stereocenters. The lowest BCUT2D eigenvalue weighted by molar-refractivity contribution is -0.124. The van der Waals surface area contributed by atoms with E-state index >= 15 is 0 Å². The third-order valence-corrected chi connectivity index (χ3v) is 3.04. The molecule has 24 heavy (non-hydrogen) atoms. The van der Waals surface area contributed by atoms with E-state index in [1.54, 1.807) is 6.26 Å². The maximum absolute atomic E-state index is 11.3. The lowest BCUT2D eigenvalue weighted by atomic mass is 10.2. The molecular formula is C15H30N2O6S. The molecule has 0 rings (SSSR count). The summed E-state index contributed by atoms with van der Waals surface area (Å²) in [5, 5.41) is 5.44. The number of hydrogen-bond donors (Lipinski definition) is 2. The van der Waals surface area contributed by atoms with E-state index in [0.29, 0.717) is 52.7 Å².